The second kappa shape index (κ2) is 5.22. The maximum absolute atomic E-state index is 13.0. The summed E-state index contributed by atoms with van der Waals surface area (Å²) in [5, 5.41) is 0. The van der Waals surface area contributed by atoms with Gasteiger partial charge < -0.3 is 5.73 Å². The van der Waals surface area contributed by atoms with Crippen LogP contribution < -0.4 is 5.73 Å². The van der Waals surface area contributed by atoms with Gasteiger partial charge in [-0.2, -0.15) is 0 Å². The SMILES string of the molecule is CC[C@H](N)c1c(F)cc(F)cc1F.Cl. The first-order valence-corrected chi connectivity index (χ1v) is 3.96. The molecule has 0 bridgehead atoms. The number of halogens is 4. The van der Waals surface area contributed by atoms with Gasteiger partial charge >= 0.3 is 0 Å². The van der Waals surface area contributed by atoms with Crippen molar-refractivity contribution in [2.45, 2.75) is 19.4 Å². The lowest BCUT2D eigenvalue weighted by molar-refractivity contribution is 0.499. The molecule has 0 heterocycles. The Balaban J connectivity index is 0.00000169. The Labute approximate surface area is 86.5 Å². The fourth-order valence-electron chi connectivity index (χ4n) is 1.11. The zero-order valence-corrected chi connectivity index (χ0v) is 8.38. The minimum absolute atomic E-state index is 0. The highest BCUT2D eigenvalue weighted by molar-refractivity contribution is 5.85. The molecule has 0 aliphatic heterocycles. The first-order valence-electron chi connectivity index (χ1n) is 3.96. The second-order valence-electron chi connectivity index (χ2n) is 2.80. The number of nitrogens with two attached hydrogens (primary N) is 1. The lowest BCUT2D eigenvalue weighted by Gasteiger charge is -2.11. The van der Waals surface area contributed by atoms with E-state index in [1.54, 1.807) is 6.92 Å². The fraction of sp³-hybridized carbons (Fsp3) is 0.333. The van der Waals surface area contributed by atoms with E-state index in [9.17, 15) is 13.2 Å². The largest absolute Gasteiger partial charge is 0.324 e. The maximum Gasteiger partial charge on any atom is 0.133 e. The van der Waals surface area contributed by atoms with Gasteiger partial charge in [0.15, 0.2) is 0 Å². The quantitative estimate of drug-likeness (QED) is 0.823. The van der Waals surface area contributed by atoms with Crippen molar-refractivity contribution in [1.82, 2.24) is 0 Å². The number of benzene rings is 1. The molecular formula is C9H11ClF3N. The van der Waals surface area contributed by atoms with E-state index in [2.05, 4.69) is 0 Å². The van der Waals surface area contributed by atoms with Gasteiger partial charge in [0, 0.05) is 23.7 Å². The molecular weight excluding hydrogens is 215 g/mol. The Bertz CT molecular complexity index is 294. The molecule has 0 radical (unpaired) electrons. The van der Waals surface area contributed by atoms with Crippen LogP contribution >= 0.6 is 12.4 Å². The summed E-state index contributed by atoms with van der Waals surface area (Å²) in [6, 6.07) is 0.544. The van der Waals surface area contributed by atoms with Crippen LogP contribution in [0.1, 0.15) is 24.9 Å². The molecule has 1 aromatic rings. The van der Waals surface area contributed by atoms with E-state index in [0.717, 1.165) is 0 Å². The zero-order valence-electron chi connectivity index (χ0n) is 7.56. The highest BCUT2D eigenvalue weighted by atomic mass is 35.5. The molecule has 0 aliphatic rings. The van der Waals surface area contributed by atoms with Crippen LogP contribution in [0, 0.1) is 17.5 Å². The summed E-state index contributed by atoms with van der Waals surface area (Å²) in [7, 11) is 0. The summed E-state index contributed by atoms with van der Waals surface area (Å²) >= 11 is 0. The summed E-state index contributed by atoms with van der Waals surface area (Å²) in [4.78, 5) is 0. The first-order chi connectivity index (χ1) is 6.06. The van der Waals surface area contributed by atoms with Crippen LogP contribution in [0.25, 0.3) is 0 Å². The molecule has 0 aliphatic carbocycles. The molecule has 1 aromatic carbocycles. The van der Waals surface area contributed by atoms with Gasteiger partial charge in [0.1, 0.15) is 17.5 Å². The first kappa shape index (κ1) is 13.3. The van der Waals surface area contributed by atoms with E-state index in [-0.39, 0.29) is 18.0 Å². The standard InChI is InChI=1S/C9H10F3N.ClH/c1-2-8(13)9-6(11)3-5(10)4-7(9)12;/h3-4,8H,2,13H2,1H3;1H/t8-;/m0./s1. The number of rotatable bonds is 2. The lowest BCUT2D eigenvalue weighted by Crippen LogP contribution is -2.13. The molecule has 0 amide bonds. The maximum atomic E-state index is 13.0. The monoisotopic (exact) mass is 225 g/mol. The van der Waals surface area contributed by atoms with Crippen LogP contribution in [0.15, 0.2) is 12.1 Å². The van der Waals surface area contributed by atoms with E-state index in [1.165, 1.54) is 0 Å². The highest BCUT2D eigenvalue weighted by Gasteiger charge is 2.16. The number of hydrogen-bond acceptors (Lipinski definition) is 1. The van der Waals surface area contributed by atoms with Crippen molar-refractivity contribution in [2.24, 2.45) is 5.73 Å². The fourth-order valence-corrected chi connectivity index (χ4v) is 1.11. The highest BCUT2D eigenvalue weighted by Crippen LogP contribution is 2.22. The molecule has 0 fully saturated rings. The Hall–Kier alpha value is -0.740. The molecule has 1 rings (SSSR count). The van der Waals surface area contributed by atoms with Gasteiger partial charge in [-0.25, -0.2) is 13.2 Å². The van der Waals surface area contributed by atoms with Crippen molar-refractivity contribution in [3.8, 4) is 0 Å². The molecule has 1 nitrogen and oxygen atoms in total. The van der Waals surface area contributed by atoms with E-state index in [0.29, 0.717) is 18.6 Å². The third-order valence-corrected chi connectivity index (χ3v) is 1.85. The van der Waals surface area contributed by atoms with Gasteiger partial charge in [-0.1, -0.05) is 6.92 Å². The van der Waals surface area contributed by atoms with Crippen LogP contribution in [0.3, 0.4) is 0 Å². The summed E-state index contributed by atoms with van der Waals surface area (Å²) < 4.78 is 38.4. The van der Waals surface area contributed by atoms with Crippen molar-refractivity contribution in [3.05, 3.63) is 35.1 Å². The molecule has 0 spiro atoms. The van der Waals surface area contributed by atoms with Crippen molar-refractivity contribution in [1.29, 1.82) is 0 Å². The molecule has 2 N–H and O–H groups in total. The van der Waals surface area contributed by atoms with Crippen LogP contribution in [0.4, 0.5) is 13.2 Å². The van der Waals surface area contributed by atoms with Crippen LogP contribution in [-0.4, -0.2) is 0 Å². The zero-order chi connectivity index (χ0) is 10.0. The average Bonchev–Trinajstić information content (AvgIpc) is 2.02. The normalized spacial score (nSPS) is 12.1. The summed E-state index contributed by atoms with van der Waals surface area (Å²) in [6.07, 6.45) is 0.402. The Morgan fingerprint density at radius 2 is 1.64 bits per heavy atom. The van der Waals surface area contributed by atoms with Gasteiger partial charge in [0.2, 0.25) is 0 Å². The van der Waals surface area contributed by atoms with Crippen molar-refractivity contribution < 1.29 is 13.2 Å². The van der Waals surface area contributed by atoms with Crippen LogP contribution in [-0.2, 0) is 0 Å². The minimum atomic E-state index is -0.929. The summed E-state index contributed by atoms with van der Waals surface area (Å²) in [5.74, 6) is -2.78. The van der Waals surface area contributed by atoms with E-state index in [1.807, 2.05) is 0 Å². The molecule has 0 unspecified atom stereocenters. The Morgan fingerprint density at radius 3 is 2.00 bits per heavy atom. The third kappa shape index (κ3) is 2.62. The molecule has 14 heavy (non-hydrogen) atoms. The Kier molecular flexibility index (Phi) is 4.94. The van der Waals surface area contributed by atoms with Gasteiger partial charge in [-0.15, -0.1) is 12.4 Å². The predicted octanol–water partition coefficient (Wildman–Crippen LogP) is 2.94. The molecule has 80 valence electrons. The topological polar surface area (TPSA) is 26.0 Å². The average molecular weight is 226 g/mol. The van der Waals surface area contributed by atoms with E-state index < -0.39 is 23.5 Å². The molecule has 0 saturated carbocycles. The number of hydrogen-bond donors (Lipinski definition) is 1. The van der Waals surface area contributed by atoms with Gasteiger partial charge in [-0.3, -0.25) is 0 Å². The minimum Gasteiger partial charge on any atom is -0.324 e. The van der Waals surface area contributed by atoms with Crippen molar-refractivity contribution in [3.63, 3.8) is 0 Å². The van der Waals surface area contributed by atoms with E-state index >= 15 is 0 Å². The predicted molar refractivity (Wildman–Crippen MR) is 50.8 cm³/mol. The van der Waals surface area contributed by atoms with Crippen LogP contribution in [0.2, 0.25) is 0 Å². The summed E-state index contributed by atoms with van der Waals surface area (Å²) in [5.41, 5.74) is 5.20. The van der Waals surface area contributed by atoms with Gasteiger partial charge in [0.25, 0.3) is 0 Å². The van der Waals surface area contributed by atoms with E-state index in [4.69, 9.17) is 5.73 Å². The summed E-state index contributed by atoms with van der Waals surface area (Å²) in [6.45, 7) is 1.70. The second-order valence-corrected chi connectivity index (χ2v) is 2.80. The molecule has 0 saturated heterocycles. The van der Waals surface area contributed by atoms with Crippen molar-refractivity contribution in [2.75, 3.05) is 0 Å². The lowest BCUT2D eigenvalue weighted by atomic mass is 10.0. The van der Waals surface area contributed by atoms with Crippen molar-refractivity contribution >= 4 is 12.4 Å². The molecule has 0 aromatic heterocycles. The smallest absolute Gasteiger partial charge is 0.133 e. The van der Waals surface area contributed by atoms with Crippen LogP contribution in [0.5, 0.6) is 0 Å². The Morgan fingerprint density at radius 1 is 1.21 bits per heavy atom. The third-order valence-electron chi connectivity index (χ3n) is 1.85. The molecule has 1 atom stereocenters. The van der Waals surface area contributed by atoms with Gasteiger partial charge in [0.05, 0.1) is 0 Å². The molecule has 5 heteroatoms. The van der Waals surface area contributed by atoms with Gasteiger partial charge in [-0.05, 0) is 6.42 Å².